The summed E-state index contributed by atoms with van der Waals surface area (Å²) in [7, 11) is 0. The van der Waals surface area contributed by atoms with E-state index in [-0.39, 0.29) is 12.0 Å². The maximum absolute atomic E-state index is 11.5. The van der Waals surface area contributed by atoms with Gasteiger partial charge in [-0.3, -0.25) is 0 Å². The Morgan fingerprint density at radius 3 is 2.58 bits per heavy atom. The highest BCUT2D eigenvalue weighted by atomic mass is 16.3. The fraction of sp³-hybridized carbons (Fsp3) is 0.810. The number of allylic oxidation sites excluding steroid dienone is 1. The second kappa shape index (κ2) is 8.64. The molecule has 0 amide bonds. The van der Waals surface area contributed by atoms with Crippen molar-refractivity contribution in [2.24, 2.45) is 10.8 Å². The molecule has 0 saturated carbocycles. The standard InChI is InChI=1S/C21H38O3/c1-6-8-15-21(24,19(3,4)7-2)18(23)17-12-9-10-13-20(17,5)14-11-16-22/h7,12,18,22-24H,2,6,8-11,13-16H2,1,3-5H3/t18-,20-,21+/m0/s1. The van der Waals surface area contributed by atoms with Crippen molar-refractivity contribution in [1.29, 1.82) is 0 Å². The SMILES string of the molecule is C=CC(C)(C)[C@@](O)(CCCC)[C@@H](O)C1=CCCC[C@@]1(C)CCCO. The summed E-state index contributed by atoms with van der Waals surface area (Å²) in [6.45, 7) is 12.2. The summed E-state index contributed by atoms with van der Waals surface area (Å²) in [5.74, 6) is 0. The summed E-state index contributed by atoms with van der Waals surface area (Å²) in [5, 5.41) is 32.1. The number of hydrogen-bond acceptors (Lipinski definition) is 3. The molecule has 0 aromatic carbocycles. The van der Waals surface area contributed by atoms with Crippen LogP contribution < -0.4 is 0 Å². The van der Waals surface area contributed by atoms with E-state index in [2.05, 4.69) is 26.5 Å². The number of rotatable bonds is 10. The van der Waals surface area contributed by atoms with Crippen LogP contribution in [0, 0.1) is 10.8 Å². The van der Waals surface area contributed by atoms with Gasteiger partial charge in [-0.05, 0) is 49.5 Å². The first kappa shape index (κ1) is 21.4. The van der Waals surface area contributed by atoms with Gasteiger partial charge in [-0.15, -0.1) is 6.58 Å². The summed E-state index contributed by atoms with van der Waals surface area (Å²) >= 11 is 0. The lowest BCUT2D eigenvalue weighted by molar-refractivity contribution is -0.129. The third-order valence-corrected chi connectivity index (χ3v) is 6.17. The lowest BCUT2D eigenvalue weighted by Gasteiger charge is -2.49. The Morgan fingerprint density at radius 1 is 1.38 bits per heavy atom. The van der Waals surface area contributed by atoms with E-state index in [1.165, 1.54) is 0 Å². The van der Waals surface area contributed by atoms with Crippen molar-refractivity contribution in [3.63, 3.8) is 0 Å². The predicted octanol–water partition coefficient (Wildman–Crippen LogP) is 4.37. The van der Waals surface area contributed by atoms with Crippen LogP contribution >= 0.6 is 0 Å². The van der Waals surface area contributed by atoms with E-state index in [1.807, 2.05) is 13.8 Å². The quantitative estimate of drug-likeness (QED) is 0.518. The molecule has 3 heteroatoms. The summed E-state index contributed by atoms with van der Waals surface area (Å²) in [6, 6.07) is 0. The first-order valence-electron chi connectivity index (χ1n) is 9.54. The molecule has 1 rings (SSSR count). The molecule has 3 atom stereocenters. The fourth-order valence-electron chi connectivity index (χ4n) is 4.01. The molecule has 3 nitrogen and oxygen atoms in total. The van der Waals surface area contributed by atoms with Crippen LogP contribution in [0.25, 0.3) is 0 Å². The molecule has 0 bridgehead atoms. The maximum Gasteiger partial charge on any atom is 0.105 e. The zero-order valence-corrected chi connectivity index (χ0v) is 16.1. The summed E-state index contributed by atoms with van der Waals surface area (Å²) < 4.78 is 0. The van der Waals surface area contributed by atoms with Gasteiger partial charge < -0.3 is 15.3 Å². The molecule has 0 aromatic rings. The Balaban J connectivity index is 3.22. The third kappa shape index (κ3) is 4.30. The van der Waals surface area contributed by atoms with Crippen LogP contribution in [-0.2, 0) is 0 Å². The van der Waals surface area contributed by atoms with Crippen molar-refractivity contribution < 1.29 is 15.3 Å². The number of unbranched alkanes of at least 4 members (excludes halogenated alkanes) is 1. The zero-order valence-electron chi connectivity index (χ0n) is 16.1. The molecule has 1 aliphatic carbocycles. The van der Waals surface area contributed by atoms with Gasteiger partial charge in [-0.2, -0.15) is 0 Å². The number of aliphatic hydroxyl groups excluding tert-OH is 2. The Labute approximate surface area is 148 Å². The lowest BCUT2D eigenvalue weighted by Crippen LogP contribution is -2.55. The Bertz CT molecular complexity index is 440. The molecule has 1 aliphatic rings. The van der Waals surface area contributed by atoms with Crippen molar-refractivity contribution in [2.75, 3.05) is 6.61 Å². The van der Waals surface area contributed by atoms with Crippen molar-refractivity contribution in [1.82, 2.24) is 0 Å². The van der Waals surface area contributed by atoms with Crippen LogP contribution in [0.5, 0.6) is 0 Å². The zero-order chi connectivity index (χ0) is 18.4. The fourth-order valence-corrected chi connectivity index (χ4v) is 4.01. The summed E-state index contributed by atoms with van der Waals surface area (Å²) in [5.41, 5.74) is -1.01. The minimum absolute atomic E-state index is 0.155. The highest BCUT2D eigenvalue weighted by Gasteiger charge is 2.50. The van der Waals surface area contributed by atoms with Gasteiger partial charge in [-0.25, -0.2) is 0 Å². The number of aliphatic hydroxyl groups is 3. The van der Waals surface area contributed by atoms with Crippen LogP contribution in [0.1, 0.15) is 79.1 Å². The predicted molar refractivity (Wildman–Crippen MR) is 101 cm³/mol. The largest absolute Gasteiger partial charge is 0.396 e. The highest BCUT2D eigenvalue weighted by Crippen LogP contribution is 2.49. The minimum atomic E-state index is -1.23. The minimum Gasteiger partial charge on any atom is -0.396 e. The molecule has 0 spiro atoms. The molecule has 0 saturated heterocycles. The second-order valence-corrected chi connectivity index (χ2v) is 8.30. The smallest absolute Gasteiger partial charge is 0.105 e. The first-order valence-corrected chi connectivity index (χ1v) is 9.54. The van der Waals surface area contributed by atoms with Crippen molar-refractivity contribution in [3.05, 3.63) is 24.3 Å². The maximum atomic E-state index is 11.5. The van der Waals surface area contributed by atoms with Crippen molar-refractivity contribution >= 4 is 0 Å². The van der Waals surface area contributed by atoms with Crippen LogP contribution in [-0.4, -0.2) is 33.6 Å². The van der Waals surface area contributed by atoms with Gasteiger partial charge >= 0.3 is 0 Å². The third-order valence-electron chi connectivity index (χ3n) is 6.17. The summed E-state index contributed by atoms with van der Waals surface area (Å²) in [4.78, 5) is 0. The summed E-state index contributed by atoms with van der Waals surface area (Å²) in [6.07, 6.45) is 9.97. The molecule has 0 unspecified atom stereocenters. The monoisotopic (exact) mass is 338 g/mol. The topological polar surface area (TPSA) is 60.7 Å². The van der Waals surface area contributed by atoms with E-state index >= 15 is 0 Å². The van der Waals surface area contributed by atoms with Crippen LogP contribution in [0.3, 0.4) is 0 Å². The molecule has 0 aromatic heterocycles. The normalized spacial score (nSPS) is 25.7. The second-order valence-electron chi connectivity index (χ2n) is 8.30. The van der Waals surface area contributed by atoms with Gasteiger partial charge in [0.1, 0.15) is 11.7 Å². The van der Waals surface area contributed by atoms with Crippen LogP contribution in [0.2, 0.25) is 0 Å². The van der Waals surface area contributed by atoms with Crippen molar-refractivity contribution in [3.8, 4) is 0 Å². The lowest BCUT2D eigenvalue weighted by atomic mass is 9.61. The van der Waals surface area contributed by atoms with Gasteiger partial charge in [0.15, 0.2) is 0 Å². The molecule has 0 heterocycles. The van der Waals surface area contributed by atoms with Gasteiger partial charge in [0.05, 0.1) is 0 Å². The molecule has 0 aliphatic heterocycles. The van der Waals surface area contributed by atoms with E-state index in [4.69, 9.17) is 0 Å². The first-order chi connectivity index (χ1) is 11.2. The highest BCUT2D eigenvalue weighted by molar-refractivity contribution is 5.27. The van der Waals surface area contributed by atoms with E-state index in [0.29, 0.717) is 6.42 Å². The van der Waals surface area contributed by atoms with Gasteiger partial charge in [0.25, 0.3) is 0 Å². The average Bonchev–Trinajstić information content (AvgIpc) is 2.57. The molecular formula is C21H38O3. The van der Waals surface area contributed by atoms with E-state index in [1.54, 1.807) is 6.08 Å². The Morgan fingerprint density at radius 2 is 2.04 bits per heavy atom. The molecule has 0 radical (unpaired) electrons. The van der Waals surface area contributed by atoms with Crippen LogP contribution in [0.15, 0.2) is 24.3 Å². The van der Waals surface area contributed by atoms with Crippen molar-refractivity contribution in [2.45, 2.75) is 90.8 Å². The Kier molecular flexibility index (Phi) is 7.71. The van der Waals surface area contributed by atoms with Crippen LogP contribution in [0.4, 0.5) is 0 Å². The molecule has 24 heavy (non-hydrogen) atoms. The Hall–Kier alpha value is -0.640. The van der Waals surface area contributed by atoms with E-state index in [9.17, 15) is 15.3 Å². The molecule has 3 N–H and O–H groups in total. The average molecular weight is 339 g/mol. The van der Waals surface area contributed by atoms with Gasteiger partial charge in [0, 0.05) is 12.0 Å². The van der Waals surface area contributed by atoms with E-state index < -0.39 is 17.1 Å². The number of hydrogen-bond donors (Lipinski definition) is 3. The van der Waals surface area contributed by atoms with Gasteiger partial charge in [-0.1, -0.05) is 52.7 Å². The molecule has 140 valence electrons. The molecular weight excluding hydrogens is 300 g/mol. The molecule has 0 fully saturated rings. The van der Waals surface area contributed by atoms with Gasteiger partial charge in [0.2, 0.25) is 0 Å². The van der Waals surface area contributed by atoms with E-state index in [0.717, 1.165) is 50.5 Å².